The van der Waals surface area contributed by atoms with Crippen LogP contribution < -0.4 is 0 Å². The van der Waals surface area contributed by atoms with Crippen molar-refractivity contribution in [1.82, 2.24) is 0 Å². The molecule has 2 atom stereocenters. The molecule has 0 radical (unpaired) electrons. The van der Waals surface area contributed by atoms with Gasteiger partial charge in [0.1, 0.15) is 0 Å². The van der Waals surface area contributed by atoms with Crippen LogP contribution in [-0.4, -0.2) is 11.2 Å². The summed E-state index contributed by atoms with van der Waals surface area (Å²) < 4.78 is 0. The van der Waals surface area contributed by atoms with E-state index >= 15 is 0 Å². The molecule has 2 N–H and O–H groups in total. The first-order valence-corrected chi connectivity index (χ1v) is 3.65. The number of nitrogens with zero attached hydrogens (tertiary/aromatic N) is 1. The van der Waals surface area contributed by atoms with Crippen LogP contribution in [0.1, 0.15) is 20.3 Å². The summed E-state index contributed by atoms with van der Waals surface area (Å²) in [4.78, 5) is 0. The van der Waals surface area contributed by atoms with Crippen LogP contribution in [0, 0.1) is 16.9 Å². The van der Waals surface area contributed by atoms with Gasteiger partial charge in [-0.3, -0.25) is 0 Å². The first-order chi connectivity index (χ1) is 4.63. The lowest BCUT2D eigenvalue weighted by atomic mass is 10.0. The molecule has 3 nitrogen and oxygen atoms in total. The molecular formula is C6H12ClN3. The van der Waals surface area contributed by atoms with Crippen LogP contribution in [0.25, 0.3) is 0 Å². The van der Waals surface area contributed by atoms with Gasteiger partial charge < -0.3 is 5.41 Å². The molecule has 2 unspecified atom stereocenters. The Kier molecular flexibility index (Phi) is 4.19. The quantitative estimate of drug-likeness (QED) is 0.276. The van der Waals surface area contributed by atoms with E-state index in [1.54, 1.807) is 0 Å². The Hall–Kier alpha value is -0.440. The predicted molar refractivity (Wildman–Crippen MR) is 42.0 cm³/mol. The van der Waals surface area contributed by atoms with Crippen molar-refractivity contribution in [3.63, 3.8) is 0 Å². The minimum absolute atomic E-state index is 0.107. The summed E-state index contributed by atoms with van der Waals surface area (Å²) in [5, 5.41) is 10.5. The highest BCUT2D eigenvalue weighted by Gasteiger charge is 2.16. The van der Waals surface area contributed by atoms with Gasteiger partial charge in [0.25, 0.3) is 0 Å². The molecule has 0 heterocycles. The van der Waals surface area contributed by atoms with E-state index in [0.717, 1.165) is 0 Å². The van der Waals surface area contributed by atoms with Gasteiger partial charge in [-0.05, 0) is 6.42 Å². The van der Waals surface area contributed by atoms with Crippen molar-refractivity contribution < 1.29 is 0 Å². The largest absolute Gasteiger partial charge is 0.309 e. The number of halogens is 1. The number of alkyl halides is 1. The Balaban J connectivity index is 3.93. The molecule has 0 aliphatic carbocycles. The molecule has 0 amide bonds. The maximum Gasteiger partial charge on any atom is 0.151 e. The molecule has 4 heteroatoms. The minimum Gasteiger partial charge on any atom is -0.309 e. The van der Waals surface area contributed by atoms with Crippen molar-refractivity contribution in [2.45, 2.75) is 25.8 Å². The van der Waals surface area contributed by atoms with E-state index in [9.17, 15) is 0 Å². The lowest BCUT2D eigenvalue weighted by Crippen LogP contribution is -2.17. The number of hydrogen-bond donors (Lipinski definition) is 2. The van der Waals surface area contributed by atoms with Gasteiger partial charge in [0.2, 0.25) is 0 Å². The van der Waals surface area contributed by atoms with E-state index in [2.05, 4.69) is 5.11 Å². The van der Waals surface area contributed by atoms with Gasteiger partial charge in [-0.25, -0.2) is 5.53 Å². The molecule has 0 fully saturated rings. The lowest BCUT2D eigenvalue weighted by Gasteiger charge is -2.11. The standard InChI is InChI=1S/C6H12ClN3/c1-3-5(8)4(2)6(7)10-9/h4,6,8-9H,3H2,1-2H3. The summed E-state index contributed by atoms with van der Waals surface area (Å²) >= 11 is 5.59. The Morgan fingerprint density at radius 1 is 1.70 bits per heavy atom. The lowest BCUT2D eigenvalue weighted by molar-refractivity contribution is 0.666. The third kappa shape index (κ3) is 2.43. The van der Waals surface area contributed by atoms with Gasteiger partial charge in [-0.15, -0.1) is 0 Å². The summed E-state index contributed by atoms with van der Waals surface area (Å²) in [7, 11) is 0. The smallest absolute Gasteiger partial charge is 0.151 e. The van der Waals surface area contributed by atoms with Crippen molar-refractivity contribution >= 4 is 17.3 Å². The maximum absolute atomic E-state index is 7.35. The second-order valence-electron chi connectivity index (χ2n) is 2.17. The van der Waals surface area contributed by atoms with Crippen LogP contribution in [0.4, 0.5) is 0 Å². The summed E-state index contributed by atoms with van der Waals surface area (Å²) in [6, 6.07) is 0. The molecule has 0 saturated heterocycles. The fraction of sp³-hybridized carbons (Fsp3) is 0.833. The first-order valence-electron chi connectivity index (χ1n) is 3.21. The highest BCUT2D eigenvalue weighted by atomic mass is 35.5. The zero-order chi connectivity index (χ0) is 8.15. The van der Waals surface area contributed by atoms with E-state index in [0.29, 0.717) is 12.1 Å². The predicted octanol–water partition coefficient (Wildman–Crippen LogP) is 2.65. The minimum atomic E-state index is -0.563. The summed E-state index contributed by atoms with van der Waals surface area (Å²) in [5.41, 5.74) is 6.59. The molecule has 0 spiro atoms. The van der Waals surface area contributed by atoms with Crippen LogP contribution in [0.3, 0.4) is 0 Å². The third-order valence-corrected chi connectivity index (χ3v) is 1.94. The molecule has 0 aromatic rings. The molecule has 0 aromatic heterocycles. The normalized spacial score (nSPS) is 15.9. The van der Waals surface area contributed by atoms with Gasteiger partial charge in [-0.1, -0.05) is 25.4 Å². The molecule has 10 heavy (non-hydrogen) atoms. The zero-order valence-electron chi connectivity index (χ0n) is 6.19. The third-order valence-electron chi connectivity index (χ3n) is 1.47. The van der Waals surface area contributed by atoms with Gasteiger partial charge >= 0.3 is 0 Å². The van der Waals surface area contributed by atoms with Crippen LogP contribution in [0.2, 0.25) is 0 Å². The molecule has 0 aromatic carbocycles. The van der Waals surface area contributed by atoms with Gasteiger partial charge in [-0.2, -0.15) is 5.11 Å². The Morgan fingerprint density at radius 2 is 2.20 bits per heavy atom. The SMILES string of the molecule is CCC(=N)C(C)C(Cl)N=N. The fourth-order valence-electron chi connectivity index (χ4n) is 0.600. The Morgan fingerprint density at radius 3 is 2.50 bits per heavy atom. The molecule has 0 aliphatic heterocycles. The van der Waals surface area contributed by atoms with E-state index in [1.807, 2.05) is 13.8 Å². The van der Waals surface area contributed by atoms with Gasteiger partial charge in [0.15, 0.2) is 5.50 Å². The maximum atomic E-state index is 7.35. The van der Waals surface area contributed by atoms with Gasteiger partial charge in [0, 0.05) is 11.6 Å². The molecule has 0 saturated carbocycles. The highest BCUT2D eigenvalue weighted by molar-refractivity contribution is 6.22. The van der Waals surface area contributed by atoms with Crippen LogP contribution in [0.15, 0.2) is 5.11 Å². The van der Waals surface area contributed by atoms with Crippen molar-refractivity contribution in [3.8, 4) is 0 Å². The number of rotatable bonds is 4. The summed E-state index contributed by atoms with van der Waals surface area (Å²) in [5.74, 6) is -0.107. The van der Waals surface area contributed by atoms with Crippen LogP contribution >= 0.6 is 11.6 Å². The van der Waals surface area contributed by atoms with E-state index < -0.39 is 5.50 Å². The molecule has 0 bridgehead atoms. The van der Waals surface area contributed by atoms with Crippen molar-refractivity contribution in [1.29, 1.82) is 10.9 Å². The Labute approximate surface area is 65.8 Å². The summed E-state index contributed by atoms with van der Waals surface area (Å²) in [6.45, 7) is 3.70. The highest BCUT2D eigenvalue weighted by Crippen LogP contribution is 2.13. The first kappa shape index (κ1) is 9.56. The molecular weight excluding hydrogens is 150 g/mol. The average molecular weight is 162 g/mol. The van der Waals surface area contributed by atoms with E-state index in [4.69, 9.17) is 22.5 Å². The van der Waals surface area contributed by atoms with Crippen molar-refractivity contribution in [3.05, 3.63) is 0 Å². The van der Waals surface area contributed by atoms with Crippen LogP contribution in [-0.2, 0) is 0 Å². The average Bonchev–Trinajstić information content (AvgIpc) is 2.00. The molecule has 0 rings (SSSR count). The monoisotopic (exact) mass is 161 g/mol. The number of hydrogen-bond acceptors (Lipinski definition) is 3. The second-order valence-corrected chi connectivity index (χ2v) is 2.62. The van der Waals surface area contributed by atoms with E-state index in [-0.39, 0.29) is 5.92 Å². The zero-order valence-corrected chi connectivity index (χ0v) is 6.94. The summed E-state index contributed by atoms with van der Waals surface area (Å²) in [6.07, 6.45) is 0.680. The molecule has 58 valence electrons. The van der Waals surface area contributed by atoms with E-state index in [1.165, 1.54) is 0 Å². The number of nitrogens with one attached hydrogen (secondary N) is 2. The van der Waals surface area contributed by atoms with Crippen molar-refractivity contribution in [2.24, 2.45) is 11.0 Å². The van der Waals surface area contributed by atoms with Crippen LogP contribution in [0.5, 0.6) is 0 Å². The van der Waals surface area contributed by atoms with Gasteiger partial charge in [0.05, 0.1) is 0 Å². The Bertz CT molecular complexity index is 135. The molecule has 0 aliphatic rings. The fourth-order valence-corrected chi connectivity index (χ4v) is 0.752. The second kappa shape index (κ2) is 4.39. The topological polar surface area (TPSA) is 60.1 Å². The van der Waals surface area contributed by atoms with Crippen molar-refractivity contribution in [2.75, 3.05) is 0 Å².